The van der Waals surface area contributed by atoms with Crippen molar-refractivity contribution in [1.82, 2.24) is 9.62 Å². The first-order valence-corrected chi connectivity index (χ1v) is 8.80. The van der Waals surface area contributed by atoms with Crippen molar-refractivity contribution >= 4 is 27.2 Å². The molecule has 0 saturated carbocycles. The summed E-state index contributed by atoms with van der Waals surface area (Å²) in [4.78, 5) is 2.76. The van der Waals surface area contributed by atoms with Gasteiger partial charge in [-0.15, -0.1) is 0 Å². The van der Waals surface area contributed by atoms with Crippen molar-refractivity contribution in [2.24, 2.45) is 5.73 Å². The van der Waals surface area contributed by atoms with Gasteiger partial charge >= 0.3 is 0 Å². The number of likely N-dealkylation sites (tertiary alicyclic amines) is 1. The Balaban J connectivity index is 2.18. The van der Waals surface area contributed by atoms with Crippen molar-refractivity contribution in [2.45, 2.75) is 30.7 Å². The number of nitrogens with zero attached hydrogens (tertiary/aromatic N) is 1. The highest BCUT2D eigenvalue weighted by atomic mass is 32.2. The predicted octanol–water partition coefficient (Wildman–Crippen LogP) is 1.00. The number of benzene rings is 1. The van der Waals surface area contributed by atoms with Gasteiger partial charge in [-0.2, -0.15) is 0 Å². The number of nitrogens with one attached hydrogen (secondary N) is 1. The van der Waals surface area contributed by atoms with Crippen LogP contribution in [0.25, 0.3) is 0 Å². The summed E-state index contributed by atoms with van der Waals surface area (Å²) in [5.41, 5.74) is 6.90. The molecular formula is C14H21N3O2S2. The Hall–Kier alpha value is -1.02. The van der Waals surface area contributed by atoms with Gasteiger partial charge in [0.2, 0.25) is 10.0 Å². The maximum atomic E-state index is 12.5. The molecule has 0 radical (unpaired) electrons. The summed E-state index contributed by atoms with van der Waals surface area (Å²) in [7, 11) is -1.46. The quantitative estimate of drug-likeness (QED) is 0.807. The first-order chi connectivity index (χ1) is 9.79. The van der Waals surface area contributed by atoms with Crippen molar-refractivity contribution in [2.75, 3.05) is 20.1 Å². The van der Waals surface area contributed by atoms with Gasteiger partial charge in [-0.3, -0.25) is 0 Å². The number of rotatable bonds is 4. The van der Waals surface area contributed by atoms with E-state index in [0.717, 1.165) is 25.9 Å². The molecule has 0 aromatic heterocycles. The Morgan fingerprint density at radius 2 is 2.00 bits per heavy atom. The van der Waals surface area contributed by atoms with E-state index in [-0.39, 0.29) is 11.0 Å². The molecule has 1 aromatic rings. The summed E-state index contributed by atoms with van der Waals surface area (Å²) in [5, 5.41) is 0. The van der Waals surface area contributed by atoms with Gasteiger partial charge in [-0.1, -0.05) is 18.3 Å². The van der Waals surface area contributed by atoms with Gasteiger partial charge in [-0.25, -0.2) is 13.1 Å². The molecule has 1 saturated heterocycles. The maximum Gasteiger partial charge on any atom is 0.241 e. The molecule has 21 heavy (non-hydrogen) atoms. The van der Waals surface area contributed by atoms with Gasteiger partial charge < -0.3 is 10.6 Å². The fraction of sp³-hybridized carbons (Fsp3) is 0.500. The lowest BCUT2D eigenvalue weighted by molar-refractivity contribution is 0.248. The van der Waals surface area contributed by atoms with E-state index in [1.165, 1.54) is 0 Å². The zero-order valence-corrected chi connectivity index (χ0v) is 13.9. The second-order valence-electron chi connectivity index (χ2n) is 5.54. The van der Waals surface area contributed by atoms with Gasteiger partial charge in [-0.05, 0) is 57.6 Å². The largest absolute Gasteiger partial charge is 0.389 e. The van der Waals surface area contributed by atoms with E-state index in [1.807, 2.05) is 7.05 Å². The maximum absolute atomic E-state index is 12.5. The van der Waals surface area contributed by atoms with Crippen LogP contribution >= 0.6 is 12.2 Å². The molecule has 1 aliphatic rings. The molecule has 0 amide bonds. The molecule has 1 fully saturated rings. The summed E-state index contributed by atoms with van der Waals surface area (Å²) < 4.78 is 27.8. The van der Waals surface area contributed by atoms with Crippen LogP contribution < -0.4 is 10.5 Å². The fourth-order valence-electron chi connectivity index (χ4n) is 2.51. The molecule has 1 aliphatic heterocycles. The van der Waals surface area contributed by atoms with Crippen molar-refractivity contribution in [1.29, 1.82) is 0 Å². The lowest BCUT2D eigenvalue weighted by Gasteiger charge is -2.29. The highest BCUT2D eigenvalue weighted by molar-refractivity contribution is 7.89. The smallest absolute Gasteiger partial charge is 0.241 e. The van der Waals surface area contributed by atoms with Gasteiger partial charge in [0, 0.05) is 11.6 Å². The second-order valence-corrected chi connectivity index (χ2v) is 7.67. The Morgan fingerprint density at radius 3 is 2.52 bits per heavy atom. The number of piperidine rings is 1. The third-order valence-corrected chi connectivity index (χ3v) is 5.71. The van der Waals surface area contributed by atoms with E-state index < -0.39 is 10.0 Å². The van der Waals surface area contributed by atoms with Crippen LogP contribution in [0.15, 0.2) is 23.1 Å². The van der Waals surface area contributed by atoms with E-state index in [9.17, 15) is 8.42 Å². The average Bonchev–Trinajstić information content (AvgIpc) is 2.40. The molecular weight excluding hydrogens is 306 g/mol. The number of sulfonamides is 1. The zero-order chi connectivity index (χ0) is 15.6. The van der Waals surface area contributed by atoms with Crippen molar-refractivity contribution in [3.63, 3.8) is 0 Å². The van der Waals surface area contributed by atoms with E-state index in [1.54, 1.807) is 25.1 Å². The number of thiocarbonyl (C=S) groups is 1. The molecule has 0 aliphatic carbocycles. The molecule has 3 N–H and O–H groups in total. The molecule has 1 heterocycles. The summed E-state index contributed by atoms with van der Waals surface area (Å²) >= 11 is 4.91. The van der Waals surface area contributed by atoms with Crippen molar-refractivity contribution in [3.05, 3.63) is 29.3 Å². The standard InChI is InChI=1S/C14H21N3O2S2/c1-10-9-11(14(15)20)3-4-13(10)21(18,19)16-12-5-7-17(2)8-6-12/h3-4,9,12,16H,5-8H2,1-2H3,(H2,15,20). The lowest BCUT2D eigenvalue weighted by Crippen LogP contribution is -2.43. The van der Waals surface area contributed by atoms with Gasteiger partial charge in [0.25, 0.3) is 0 Å². The Labute approximate surface area is 131 Å². The Kier molecular flexibility index (Phi) is 4.98. The van der Waals surface area contributed by atoms with Crippen molar-refractivity contribution in [3.8, 4) is 0 Å². The third-order valence-electron chi connectivity index (χ3n) is 3.79. The Bertz CT molecular complexity index is 636. The van der Waals surface area contributed by atoms with E-state index >= 15 is 0 Å². The molecule has 1 aromatic carbocycles. The minimum absolute atomic E-state index is 0.000798. The minimum Gasteiger partial charge on any atom is -0.389 e. The molecule has 0 unspecified atom stereocenters. The van der Waals surface area contributed by atoms with Crippen LogP contribution in [0, 0.1) is 6.92 Å². The number of aryl methyl sites for hydroxylation is 1. The normalized spacial score (nSPS) is 17.8. The topological polar surface area (TPSA) is 75.4 Å². The third kappa shape index (κ3) is 4.00. The fourth-order valence-corrected chi connectivity index (χ4v) is 4.17. The van der Waals surface area contributed by atoms with Crippen molar-refractivity contribution < 1.29 is 8.42 Å². The molecule has 5 nitrogen and oxygen atoms in total. The number of nitrogens with two attached hydrogens (primary N) is 1. The average molecular weight is 327 g/mol. The molecule has 116 valence electrons. The predicted molar refractivity (Wildman–Crippen MR) is 87.9 cm³/mol. The summed E-state index contributed by atoms with van der Waals surface area (Å²) in [6.07, 6.45) is 1.67. The molecule has 0 spiro atoms. The highest BCUT2D eigenvalue weighted by Gasteiger charge is 2.24. The summed E-state index contributed by atoms with van der Waals surface area (Å²) in [5.74, 6) is 0. The summed E-state index contributed by atoms with van der Waals surface area (Å²) in [6, 6.07) is 4.94. The number of hydrogen-bond acceptors (Lipinski definition) is 4. The van der Waals surface area contributed by atoms with E-state index in [0.29, 0.717) is 16.0 Å². The minimum atomic E-state index is -3.50. The zero-order valence-electron chi connectivity index (χ0n) is 12.3. The first kappa shape index (κ1) is 16.4. The summed E-state index contributed by atoms with van der Waals surface area (Å²) in [6.45, 7) is 3.57. The monoisotopic (exact) mass is 327 g/mol. The number of hydrogen-bond donors (Lipinski definition) is 2. The van der Waals surface area contributed by atoms with Crippen LogP contribution in [-0.4, -0.2) is 44.5 Å². The Morgan fingerprint density at radius 1 is 1.38 bits per heavy atom. The van der Waals surface area contributed by atoms with Crippen LogP contribution in [0.4, 0.5) is 0 Å². The molecule has 0 bridgehead atoms. The van der Waals surface area contributed by atoms with Crippen LogP contribution in [0.1, 0.15) is 24.0 Å². The highest BCUT2D eigenvalue weighted by Crippen LogP contribution is 2.19. The lowest BCUT2D eigenvalue weighted by atomic mass is 10.1. The van der Waals surface area contributed by atoms with Crippen LogP contribution in [-0.2, 0) is 10.0 Å². The van der Waals surface area contributed by atoms with E-state index in [2.05, 4.69) is 9.62 Å². The van der Waals surface area contributed by atoms with Crippen LogP contribution in [0.5, 0.6) is 0 Å². The van der Waals surface area contributed by atoms with Crippen LogP contribution in [0.3, 0.4) is 0 Å². The molecule has 7 heteroatoms. The van der Waals surface area contributed by atoms with Crippen LogP contribution in [0.2, 0.25) is 0 Å². The SMILES string of the molecule is Cc1cc(C(N)=S)ccc1S(=O)(=O)NC1CCN(C)CC1. The first-order valence-electron chi connectivity index (χ1n) is 6.91. The molecule has 2 rings (SSSR count). The second kappa shape index (κ2) is 6.39. The molecule has 0 atom stereocenters. The van der Waals surface area contributed by atoms with Gasteiger partial charge in [0.1, 0.15) is 4.99 Å². The van der Waals surface area contributed by atoms with Gasteiger partial charge in [0.05, 0.1) is 4.90 Å². The van der Waals surface area contributed by atoms with Gasteiger partial charge in [0.15, 0.2) is 0 Å². The van der Waals surface area contributed by atoms with E-state index in [4.69, 9.17) is 18.0 Å².